The minimum absolute atomic E-state index is 0.00580. The fourth-order valence-corrected chi connectivity index (χ4v) is 4.23. The summed E-state index contributed by atoms with van der Waals surface area (Å²) in [7, 11) is 0. The molecular weight excluding hydrogens is 357 g/mol. The van der Waals surface area contributed by atoms with Crippen molar-refractivity contribution < 1.29 is 19.1 Å². The fraction of sp³-hybridized carbons (Fsp3) is 0.167. The van der Waals surface area contributed by atoms with Gasteiger partial charge < -0.3 is 15.7 Å². The Morgan fingerprint density at radius 1 is 1.19 bits per heavy atom. The zero-order chi connectivity index (χ0) is 18.5. The molecule has 0 saturated carbocycles. The summed E-state index contributed by atoms with van der Waals surface area (Å²) in [5.41, 5.74) is 4.52. The first-order valence-electron chi connectivity index (χ1n) is 7.85. The summed E-state index contributed by atoms with van der Waals surface area (Å²) < 4.78 is 14.1. The number of nitrogens with two attached hydrogens (primary N) is 1. The van der Waals surface area contributed by atoms with Gasteiger partial charge in [-0.1, -0.05) is 48.2 Å². The first-order chi connectivity index (χ1) is 12.4. The van der Waals surface area contributed by atoms with Gasteiger partial charge in [-0.2, -0.15) is 4.99 Å². The smallest absolute Gasteiger partial charge is 0.265 e. The van der Waals surface area contributed by atoms with Crippen LogP contribution < -0.4 is 10.6 Å². The van der Waals surface area contributed by atoms with Gasteiger partial charge in [0.2, 0.25) is 0 Å². The predicted octanol–water partition coefficient (Wildman–Crippen LogP) is 1.52. The summed E-state index contributed by atoms with van der Waals surface area (Å²) in [6.45, 7) is -0.0628. The lowest BCUT2D eigenvalue weighted by atomic mass is 9.91. The van der Waals surface area contributed by atoms with Gasteiger partial charge in [0.15, 0.2) is 10.8 Å². The van der Waals surface area contributed by atoms with E-state index in [1.165, 1.54) is 11.0 Å². The van der Waals surface area contributed by atoms with E-state index in [0.717, 1.165) is 11.8 Å². The number of anilines is 1. The largest absolute Gasteiger partial charge is 0.378 e. The van der Waals surface area contributed by atoms with Crippen molar-refractivity contribution in [2.45, 2.75) is 17.4 Å². The van der Waals surface area contributed by atoms with Crippen LogP contribution in [0.3, 0.4) is 0 Å². The standard InChI is InChI=1S/C18H14FN3O3S/c19-12-7-3-1-5-10(12)9-22-13-8-4-2-6-11(13)18(25,16(22)24)14-15(23)21-17(20)26-14/h1-8,14,25H,9H2,(H2,20,21,23). The molecule has 0 aromatic heterocycles. The minimum Gasteiger partial charge on any atom is -0.378 e. The molecule has 2 aliphatic heterocycles. The number of amides is 2. The number of rotatable bonds is 3. The van der Waals surface area contributed by atoms with Crippen LogP contribution in [-0.2, 0) is 21.7 Å². The minimum atomic E-state index is -2.10. The van der Waals surface area contributed by atoms with Crippen LogP contribution in [0.1, 0.15) is 11.1 Å². The molecule has 26 heavy (non-hydrogen) atoms. The molecule has 2 aliphatic rings. The Bertz CT molecular complexity index is 964. The highest BCUT2D eigenvalue weighted by Gasteiger charge is 2.59. The molecule has 0 saturated heterocycles. The molecule has 2 atom stereocenters. The van der Waals surface area contributed by atoms with Crippen LogP contribution >= 0.6 is 11.8 Å². The molecular formula is C18H14FN3O3S. The summed E-state index contributed by atoms with van der Waals surface area (Å²) in [6, 6.07) is 12.7. The third kappa shape index (κ3) is 2.33. The molecule has 6 nitrogen and oxygen atoms in total. The normalized spacial score (nSPS) is 24.8. The Hall–Kier alpha value is -2.71. The third-order valence-corrected chi connectivity index (χ3v) is 5.64. The third-order valence-electron chi connectivity index (χ3n) is 4.53. The number of para-hydroxylation sites is 1. The van der Waals surface area contributed by atoms with Crippen LogP contribution in [0, 0.1) is 5.82 Å². The van der Waals surface area contributed by atoms with E-state index in [0.29, 0.717) is 11.3 Å². The van der Waals surface area contributed by atoms with Gasteiger partial charge in [0.1, 0.15) is 11.1 Å². The quantitative estimate of drug-likeness (QED) is 0.853. The van der Waals surface area contributed by atoms with Crippen LogP contribution in [0.25, 0.3) is 0 Å². The lowest BCUT2D eigenvalue weighted by molar-refractivity contribution is -0.140. The molecule has 0 radical (unpaired) electrons. The molecule has 132 valence electrons. The van der Waals surface area contributed by atoms with Gasteiger partial charge in [0.05, 0.1) is 12.2 Å². The number of hydrogen-bond donors (Lipinski definition) is 2. The van der Waals surface area contributed by atoms with E-state index in [1.54, 1.807) is 42.5 Å². The second-order valence-corrected chi connectivity index (χ2v) is 7.18. The molecule has 0 fully saturated rings. The Morgan fingerprint density at radius 2 is 1.88 bits per heavy atom. The van der Waals surface area contributed by atoms with Crippen LogP contribution in [0.5, 0.6) is 0 Å². The van der Waals surface area contributed by atoms with Gasteiger partial charge >= 0.3 is 0 Å². The maximum atomic E-state index is 14.1. The summed E-state index contributed by atoms with van der Waals surface area (Å²) in [5.74, 6) is -1.81. The number of carbonyl (C=O) groups is 2. The zero-order valence-corrected chi connectivity index (χ0v) is 14.2. The Morgan fingerprint density at radius 3 is 2.58 bits per heavy atom. The SMILES string of the molecule is NC1=NC(=O)C(C2(O)C(=O)N(Cc3ccccc3F)c3ccccc32)S1. The van der Waals surface area contributed by atoms with Crippen LogP contribution in [0.15, 0.2) is 53.5 Å². The van der Waals surface area contributed by atoms with Crippen molar-refractivity contribution in [2.75, 3.05) is 4.90 Å². The van der Waals surface area contributed by atoms with Crippen molar-refractivity contribution in [3.63, 3.8) is 0 Å². The molecule has 2 amide bonds. The molecule has 2 aromatic carbocycles. The van der Waals surface area contributed by atoms with Crippen molar-refractivity contribution in [3.8, 4) is 0 Å². The topological polar surface area (TPSA) is 96.0 Å². The Kier molecular flexibility index (Phi) is 3.82. The summed E-state index contributed by atoms with van der Waals surface area (Å²) in [5, 5.41) is 10.1. The predicted molar refractivity (Wildman–Crippen MR) is 95.9 cm³/mol. The van der Waals surface area contributed by atoms with E-state index in [-0.39, 0.29) is 17.3 Å². The Labute approximate surface area is 152 Å². The number of aliphatic imine (C=N–C) groups is 1. The van der Waals surface area contributed by atoms with Gasteiger partial charge in [-0.25, -0.2) is 4.39 Å². The molecule has 0 aliphatic carbocycles. The molecule has 2 heterocycles. The van der Waals surface area contributed by atoms with Crippen molar-refractivity contribution in [1.29, 1.82) is 0 Å². The molecule has 2 aromatic rings. The monoisotopic (exact) mass is 371 g/mol. The van der Waals surface area contributed by atoms with Crippen molar-refractivity contribution >= 4 is 34.4 Å². The van der Waals surface area contributed by atoms with Crippen LogP contribution in [-0.4, -0.2) is 27.3 Å². The van der Waals surface area contributed by atoms with Crippen molar-refractivity contribution in [2.24, 2.45) is 10.7 Å². The lowest BCUT2D eigenvalue weighted by Crippen LogP contribution is -2.49. The van der Waals surface area contributed by atoms with E-state index in [2.05, 4.69) is 4.99 Å². The number of hydrogen-bond acceptors (Lipinski definition) is 5. The van der Waals surface area contributed by atoms with Gasteiger partial charge in [-0.3, -0.25) is 9.59 Å². The highest BCUT2D eigenvalue weighted by atomic mass is 32.2. The maximum Gasteiger partial charge on any atom is 0.265 e. The van der Waals surface area contributed by atoms with Crippen molar-refractivity contribution in [3.05, 3.63) is 65.5 Å². The zero-order valence-electron chi connectivity index (χ0n) is 13.4. The number of thioether (sulfide) groups is 1. The molecule has 8 heteroatoms. The van der Waals surface area contributed by atoms with E-state index < -0.39 is 28.5 Å². The lowest BCUT2D eigenvalue weighted by Gasteiger charge is -2.26. The fourth-order valence-electron chi connectivity index (χ4n) is 3.30. The molecule has 3 N–H and O–H groups in total. The summed E-state index contributed by atoms with van der Waals surface area (Å²) in [6.07, 6.45) is 0. The number of carbonyl (C=O) groups excluding carboxylic acids is 2. The van der Waals surface area contributed by atoms with Gasteiger partial charge in [0, 0.05) is 11.1 Å². The van der Waals surface area contributed by atoms with Gasteiger partial charge in [-0.05, 0) is 12.1 Å². The average Bonchev–Trinajstić information content (AvgIpc) is 3.07. The van der Waals surface area contributed by atoms with Gasteiger partial charge in [-0.15, -0.1) is 0 Å². The summed E-state index contributed by atoms with van der Waals surface area (Å²) >= 11 is 0.855. The number of benzene rings is 2. The number of nitrogens with zero attached hydrogens (tertiary/aromatic N) is 2. The van der Waals surface area contributed by atoms with Crippen molar-refractivity contribution in [1.82, 2.24) is 0 Å². The average molecular weight is 371 g/mol. The van der Waals surface area contributed by atoms with E-state index in [9.17, 15) is 19.1 Å². The number of aliphatic hydroxyl groups is 1. The van der Waals surface area contributed by atoms with E-state index in [1.807, 2.05) is 0 Å². The molecule has 0 spiro atoms. The maximum absolute atomic E-state index is 14.1. The number of fused-ring (bicyclic) bond motifs is 1. The highest BCUT2D eigenvalue weighted by molar-refractivity contribution is 8.15. The second kappa shape index (κ2) is 5.93. The first-order valence-corrected chi connectivity index (χ1v) is 8.73. The number of amidine groups is 1. The highest BCUT2D eigenvalue weighted by Crippen LogP contribution is 2.47. The van der Waals surface area contributed by atoms with E-state index >= 15 is 0 Å². The first kappa shape index (κ1) is 16.7. The molecule has 2 unspecified atom stereocenters. The van der Waals surface area contributed by atoms with Crippen LogP contribution in [0.4, 0.5) is 10.1 Å². The number of halogens is 1. The Balaban J connectivity index is 1.78. The van der Waals surface area contributed by atoms with Crippen LogP contribution in [0.2, 0.25) is 0 Å². The summed E-state index contributed by atoms with van der Waals surface area (Å²) in [4.78, 5) is 30.2. The molecule has 0 bridgehead atoms. The molecule has 4 rings (SSSR count). The van der Waals surface area contributed by atoms with Gasteiger partial charge in [0.25, 0.3) is 11.8 Å². The second-order valence-electron chi connectivity index (χ2n) is 6.05. The van der Waals surface area contributed by atoms with E-state index in [4.69, 9.17) is 5.73 Å².